The van der Waals surface area contributed by atoms with Crippen molar-refractivity contribution in [1.82, 2.24) is 9.97 Å². The fourth-order valence-corrected chi connectivity index (χ4v) is 3.55. The standard InChI is InChI=1S/C26H19FN4O3/c27-20-5-2-1-4-17(20)14-24-30-21-12-11-19(15-22(21)31-24)29-25(32)16-7-9-18(10-8-16)28-26(33)23-6-3-13-34-23/h1-13,15H,14H2,(H,28,33)(H,29,32)(H,30,31). The van der Waals surface area contributed by atoms with Crippen molar-refractivity contribution >= 4 is 34.2 Å². The van der Waals surface area contributed by atoms with E-state index in [1.54, 1.807) is 72.8 Å². The zero-order chi connectivity index (χ0) is 23.5. The average molecular weight is 454 g/mol. The lowest BCUT2D eigenvalue weighted by molar-refractivity contribution is 0.0995. The number of benzene rings is 3. The fraction of sp³-hybridized carbons (Fsp3) is 0.0385. The molecule has 2 amide bonds. The number of carbonyl (C=O) groups is 2. The molecule has 0 unspecified atom stereocenters. The number of aromatic nitrogens is 2. The van der Waals surface area contributed by atoms with Crippen LogP contribution in [0.25, 0.3) is 11.0 Å². The molecule has 0 aliphatic carbocycles. The number of halogens is 1. The van der Waals surface area contributed by atoms with Crippen molar-refractivity contribution in [3.05, 3.63) is 114 Å². The van der Waals surface area contributed by atoms with E-state index < -0.39 is 0 Å². The average Bonchev–Trinajstić information content (AvgIpc) is 3.51. The number of rotatable bonds is 6. The molecule has 0 bridgehead atoms. The molecule has 2 heterocycles. The Balaban J connectivity index is 1.26. The zero-order valence-corrected chi connectivity index (χ0v) is 17.8. The van der Waals surface area contributed by atoms with Gasteiger partial charge in [-0.1, -0.05) is 18.2 Å². The third-order valence-electron chi connectivity index (χ3n) is 5.25. The zero-order valence-electron chi connectivity index (χ0n) is 17.8. The number of nitrogens with one attached hydrogen (secondary N) is 3. The number of H-pyrrole nitrogens is 1. The van der Waals surface area contributed by atoms with Gasteiger partial charge in [0.2, 0.25) is 0 Å². The van der Waals surface area contributed by atoms with Crippen LogP contribution in [0.1, 0.15) is 32.3 Å². The first kappa shape index (κ1) is 21.1. The molecule has 2 aromatic heterocycles. The van der Waals surface area contributed by atoms with Gasteiger partial charge in [-0.2, -0.15) is 0 Å². The van der Waals surface area contributed by atoms with Crippen molar-refractivity contribution in [1.29, 1.82) is 0 Å². The van der Waals surface area contributed by atoms with Gasteiger partial charge in [-0.25, -0.2) is 9.37 Å². The Hall–Kier alpha value is -4.72. The van der Waals surface area contributed by atoms with Crippen molar-refractivity contribution in [2.75, 3.05) is 10.6 Å². The third kappa shape index (κ3) is 4.56. The van der Waals surface area contributed by atoms with Gasteiger partial charge >= 0.3 is 0 Å². The lowest BCUT2D eigenvalue weighted by Crippen LogP contribution is -2.13. The minimum atomic E-state index is -0.371. The Kier molecular flexibility index (Phi) is 5.61. The number of hydrogen-bond donors (Lipinski definition) is 3. The Morgan fingerprint density at radius 3 is 2.41 bits per heavy atom. The van der Waals surface area contributed by atoms with E-state index in [1.807, 2.05) is 0 Å². The lowest BCUT2D eigenvalue weighted by atomic mass is 10.1. The molecule has 0 fully saturated rings. The number of nitrogens with zero attached hydrogens (tertiary/aromatic N) is 1. The van der Waals surface area contributed by atoms with Crippen LogP contribution in [0.4, 0.5) is 15.8 Å². The van der Waals surface area contributed by atoms with Crippen molar-refractivity contribution in [2.45, 2.75) is 6.42 Å². The molecular formula is C26H19FN4O3. The van der Waals surface area contributed by atoms with Crippen LogP contribution in [0.3, 0.4) is 0 Å². The van der Waals surface area contributed by atoms with Crippen LogP contribution in [0, 0.1) is 5.82 Å². The molecule has 3 N–H and O–H groups in total. The Labute approximate surface area is 193 Å². The molecule has 168 valence electrons. The summed E-state index contributed by atoms with van der Waals surface area (Å²) in [6, 6.07) is 21.6. The van der Waals surface area contributed by atoms with Gasteiger partial charge in [-0.05, 0) is 66.2 Å². The van der Waals surface area contributed by atoms with E-state index in [0.717, 1.165) is 11.0 Å². The molecule has 7 nitrogen and oxygen atoms in total. The minimum Gasteiger partial charge on any atom is -0.459 e. The van der Waals surface area contributed by atoms with Crippen molar-refractivity contribution in [2.24, 2.45) is 0 Å². The molecule has 5 aromatic rings. The Morgan fingerprint density at radius 2 is 1.65 bits per heavy atom. The minimum absolute atomic E-state index is 0.202. The fourth-order valence-electron chi connectivity index (χ4n) is 3.55. The van der Waals surface area contributed by atoms with Gasteiger partial charge in [-0.3, -0.25) is 9.59 Å². The van der Waals surface area contributed by atoms with Gasteiger partial charge in [0, 0.05) is 23.4 Å². The van der Waals surface area contributed by atoms with E-state index in [-0.39, 0.29) is 23.4 Å². The molecule has 0 radical (unpaired) electrons. The van der Waals surface area contributed by atoms with E-state index >= 15 is 0 Å². The first-order valence-electron chi connectivity index (χ1n) is 10.5. The van der Waals surface area contributed by atoms with Gasteiger partial charge in [0.1, 0.15) is 11.6 Å². The normalized spacial score (nSPS) is 10.9. The van der Waals surface area contributed by atoms with Crippen LogP contribution < -0.4 is 10.6 Å². The highest BCUT2D eigenvalue weighted by Crippen LogP contribution is 2.20. The summed E-state index contributed by atoms with van der Waals surface area (Å²) in [5.74, 6) is -0.106. The van der Waals surface area contributed by atoms with E-state index in [2.05, 4.69) is 20.6 Å². The maximum Gasteiger partial charge on any atom is 0.291 e. The lowest BCUT2D eigenvalue weighted by Gasteiger charge is -2.07. The number of hydrogen-bond acceptors (Lipinski definition) is 4. The van der Waals surface area contributed by atoms with Crippen LogP contribution in [-0.4, -0.2) is 21.8 Å². The molecular weight excluding hydrogens is 435 g/mol. The van der Waals surface area contributed by atoms with E-state index in [1.165, 1.54) is 12.3 Å². The third-order valence-corrected chi connectivity index (χ3v) is 5.25. The summed E-state index contributed by atoms with van der Waals surface area (Å²) in [7, 11) is 0. The summed E-state index contributed by atoms with van der Waals surface area (Å²) in [4.78, 5) is 32.4. The number of amides is 2. The molecule has 3 aromatic carbocycles. The van der Waals surface area contributed by atoms with Crippen molar-refractivity contribution in [3.63, 3.8) is 0 Å². The molecule has 8 heteroatoms. The second-order valence-corrected chi connectivity index (χ2v) is 7.65. The largest absolute Gasteiger partial charge is 0.459 e. The SMILES string of the molecule is O=C(Nc1ccc2nc(Cc3ccccc3F)[nH]c2c1)c1ccc(NC(=O)c2ccco2)cc1. The van der Waals surface area contributed by atoms with Gasteiger partial charge in [0.25, 0.3) is 11.8 Å². The highest BCUT2D eigenvalue weighted by Gasteiger charge is 2.12. The number of fused-ring (bicyclic) bond motifs is 1. The van der Waals surface area contributed by atoms with Crippen LogP contribution in [0.2, 0.25) is 0 Å². The predicted molar refractivity (Wildman–Crippen MR) is 126 cm³/mol. The predicted octanol–water partition coefficient (Wildman–Crippen LogP) is 5.39. The molecule has 0 aliphatic rings. The highest BCUT2D eigenvalue weighted by atomic mass is 19.1. The van der Waals surface area contributed by atoms with Crippen LogP contribution in [-0.2, 0) is 6.42 Å². The number of anilines is 2. The number of aromatic amines is 1. The molecule has 0 aliphatic heterocycles. The van der Waals surface area contributed by atoms with Crippen LogP contribution in [0.5, 0.6) is 0 Å². The van der Waals surface area contributed by atoms with Crippen LogP contribution >= 0.6 is 0 Å². The molecule has 5 rings (SSSR count). The number of furan rings is 1. The second kappa shape index (κ2) is 9.03. The molecule has 34 heavy (non-hydrogen) atoms. The number of imidazole rings is 1. The summed E-state index contributed by atoms with van der Waals surface area (Å²) >= 11 is 0. The quantitative estimate of drug-likeness (QED) is 0.320. The van der Waals surface area contributed by atoms with E-state index in [4.69, 9.17) is 4.42 Å². The van der Waals surface area contributed by atoms with Crippen LogP contribution in [0.15, 0.2) is 89.5 Å². The first-order valence-corrected chi connectivity index (χ1v) is 10.5. The summed E-state index contributed by atoms with van der Waals surface area (Å²) < 4.78 is 19.0. The van der Waals surface area contributed by atoms with Gasteiger partial charge in [0.15, 0.2) is 5.76 Å². The summed E-state index contributed by atoms with van der Waals surface area (Å²) in [6.07, 6.45) is 1.76. The van der Waals surface area contributed by atoms with Crippen molar-refractivity contribution < 1.29 is 18.4 Å². The number of carbonyl (C=O) groups excluding carboxylic acids is 2. The van der Waals surface area contributed by atoms with Gasteiger partial charge in [-0.15, -0.1) is 0 Å². The summed E-state index contributed by atoms with van der Waals surface area (Å²) in [5.41, 5.74) is 3.58. The van der Waals surface area contributed by atoms with E-state index in [0.29, 0.717) is 34.7 Å². The second-order valence-electron chi connectivity index (χ2n) is 7.65. The monoisotopic (exact) mass is 454 g/mol. The maximum atomic E-state index is 13.9. The first-order chi connectivity index (χ1) is 16.5. The summed E-state index contributed by atoms with van der Waals surface area (Å²) in [5, 5.41) is 5.56. The molecule has 0 saturated heterocycles. The highest BCUT2D eigenvalue weighted by molar-refractivity contribution is 6.06. The topological polar surface area (TPSA) is 100 Å². The Morgan fingerprint density at radius 1 is 0.882 bits per heavy atom. The molecule has 0 spiro atoms. The summed E-state index contributed by atoms with van der Waals surface area (Å²) in [6.45, 7) is 0. The van der Waals surface area contributed by atoms with E-state index in [9.17, 15) is 14.0 Å². The maximum absolute atomic E-state index is 13.9. The molecule has 0 atom stereocenters. The van der Waals surface area contributed by atoms with Gasteiger partial charge in [0.05, 0.1) is 17.3 Å². The van der Waals surface area contributed by atoms with Crippen molar-refractivity contribution in [3.8, 4) is 0 Å². The Bertz CT molecular complexity index is 1470. The smallest absolute Gasteiger partial charge is 0.291 e. The molecule has 0 saturated carbocycles. The van der Waals surface area contributed by atoms with Gasteiger partial charge < -0.3 is 20.0 Å².